The predicted molar refractivity (Wildman–Crippen MR) is 140 cm³/mol. The van der Waals surface area contributed by atoms with Crippen molar-refractivity contribution < 1.29 is 4.74 Å². The second-order valence-electron chi connectivity index (χ2n) is 8.86. The van der Waals surface area contributed by atoms with Crippen LogP contribution in [0.1, 0.15) is 35.5 Å². The summed E-state index contributed by atoms with van der Waals surface area (Å²) in [4.78, 5) is 9.48. The summed E-state index contributed by atoms with van der Waals surface area (Å²) >= 11 is 12.2. The van der Waals surface area contributed by atoms with Crippen LogP contribution in [0.15, 0.2) is 60.9 Å². The Kier molecular flexibility index (Phi) is 7.15. The van der Waals surface area contributed by atoms with Crippen molar-refractivity contribution in [3.05, 3.63) is 82.9 Å². The smallest absolute Gasteiger partial charge is 0.170 e. The summed E-state index contributed by atoms with van der Waals surface area (Å²) in [6.07, 6.45) is 4.99. The summed E-state index contributed by atoms with van der Waals surface area (Å²) in [6.45, 7) is 7.60. The van der Waals surface area contributed by atoms with Gasteiger partial charge in [0.15, 0.2) is 5.11 Å². The van der Waals surface area contributed by atoms with Crippen molar-refractivity contribution >= 4 is 28.9 Å². The van der Waals surface area contributed by atoms with Crippen LogP contribution < -0.4 is 5.32 Å². The van der Waals surface area contributed by atoms with E-state index in [-0.39, 0.29) is 12.1 Å². The van der Waals surface area contributed by atoms with E-state index in [0.717, 1.165) is 72.9 Å². The molecule has 2 aliphatic heterocycles. The highest BCUT2D eigenvalue weighted by molar-refractivity contribution is 7.80. The van der Waals surface area contributed by atoms with Gasteiger partial charge >= 0.3 is 0 Å². The maximum Gasteiger partial charge on any atom is 0.170 e. The molecule has 0 bridgehead atoms. The van der Waals surface area contributed by atoms with Crippen LogP contribution >= 0.6 is 23.8 Å². The van der Waals surface area contributed by atoms with Crippen molar-refractivity contribution in [2.24, 2.45) is 0 Å². The lowest BCUT2D eigenvalue weighted by molar-refractivity contribution is 0.0365. The zero-order valence-corrected chi connectivity index (χ0v) is 20.9. The summed E-state index contributed by atoms with van der Waals surface area (Å²) in [5.41, 5.74) is 4.32. The van der Waals surface area contributed by atoms with Crippen molar-refractivity contribution in [1.82, 2.24) is 24.7 Å². The molecule has 0 saturated carbocycles. The minimum atomic E-state index is -0.0286. The molecule has 1 N–H and O–H groups in total. The van der Waals surface area contributed by atoms with Crippen LogP contribution in [-0.4, -0.2) is 63.9 Å². The number of ether oxygens (including phenoxy) is 1. The minimum absolute atomic E-state index is 0.0260. The van der Waals surface area contributed by atoms with Crippen LogP contribution in [-0.2, 0) is 4.74 Å². The third-order valence-corrected chi connectivity index (χ3v) is 7.45. The molecule has 0 unspecified atom stereocenters. The van der Waals surface area contributed by atoms with Crippen LogP contribution in [0.5, 0.6) is 0 Å². The number of pyridine rings is 1. The topological polar surface area (TPSA) is 45.6 Å². The molecular weight excluding hydrogens is 466 g/mol. The van der Waals surface area contributed by atoms with Crippen LogP contribution in [0.25, 0.3) is 5.69 Å². The molecular formula is C26H30ClN5OS. The molecule has 0 radical (unpaired) electrons. The standard InChI is InChI=1S/C26H30ClN5OS/c1-19-18-20(8-9-21(19)27)31-12-4-7-23(31)25-24(22-6-2-3-10-28-22)29-26(34)32(25)13-5-11-30-14-16-33-17-15-30/h2-4,6-10,12,18,24-25H,5,11,13-17H2,1H3,(H,29,34)/t24-,25+/m1/s1. The summed E-state index contributed by atoms with van der Waals surface area (Å²) in [7, 11) is 0. The fourth-order valence-electron chi connectivity index (χ4n) is 4.91. The summed E-state index contributed by atoms with van der Waals surface area (Å²) in [6, 6.07) is 16.5. The number of halogens is 1. The average Bonchev–Trinajstić information content (AvgIpc) is 3.47. The largest absolute Gasteiger partial charge is 0.379 e. The van der Waals surface area contributed by atoms with Crippen LogP contribution in [0.4, 0.5) is 0 Å². The number of hydrogen-bond acceptors (Lipinski definition) is 4. The molecule has 1 aromatic carbocycles. The molecule has 0 aliphatic carbocycles. The van der Waals surface area contributed by atoms with E-state index in [1.165, 1.54) is 5.69 Å². The van der Waals surface area contributed by atoms with E-state index in [9.17, 15) is 0 Å². The van der Waals surface area contributed by atoms with Gasteiger partial charge in [-0.3, -0.25) is 9.88 Å². The highest BCUT2D eigenvalue weighted by Gasteiger charge is 2.41. The Bertz CT molecular complexity index is 1130. The number of benzene rings is 1. The Hall–Kier alpha value is -2.45. The lowest BCUT2D eigenvalue weighted by atomic mass is 10.0. The second kappa shape index (κ2) is 10.4. The summed E-state index contributed by atoms with van der Waals surface area (Å²) in [5, 5.41) is 5.13. The molecule has 8 heteroatoms. The molecule has 34 heavy (non-hydrogen) atoms. The molecule has 4 heterocycles. The van der Waals surface area contributed by atoms with Crippen molar-refractivity contribution in [2.45, 2.75) is 25.4 Å². The summed E-state index contributed by atoms with van der Waals surface area (Å²) < 4.78 is 7.74. The molecule has 2 atom stereocenters. The summed E-state index contributed by atoms with van der Waals surface area (Å²) in [5.74, 6) is 0. The Morgan fingerprint density at radius 1 is 1.12 bits per heavy atom. The number of aryl methyl sites for hydroxylation is 1. The van der Waals surface area contributed by atoms with Crippen LogP contribution in [0.2, 0.25) is 5.02 Å². The van der Waals surface area contributed by atoms with Gasteiger partial charge in [0.2, 0.25) is 0 Å². The van der Waals surface area contributed by atoms with Gasteiger partial charge in [-0.2, -0.15) is 0 Å². The molecule has 5 rings (SSSR count). The highest BCUT2D eigenvalue weighted by atomic mass is 35.5. The zero-order valence-electron chi connectivity index (χ0n) is 19.4. The Morgan fingerprint density at radius 2 is 1.97 bits per heavy atom. The lowest BCUT2D eigenvalue weighted by Crippen LogP contribution is -2.39. The maximum absolute atomic E-state index is 6.31. The Morgan fingerprint density at radius 3 is 2.74 bits per heavy atom. The van der Waals surface area contributed by atoms with Gasteiger partial charge in [0, 0.05) is 55.0 Å². The van der Waals surface area contributed by atoms with E-state index in [1.54, 1.807) is 0 Å². The zero-order chi connectivity index (χ0) is 23.5. The normalized spacial score (nSPS) is 21.1. The van der Waals surface area contributed by atoms with Gasteiger partial charge in [-0.15, -0.1) is 0 Å². The van der Waals surface area contributed by atoms with E-state index in [2.05, 4.69) is 61.2 Å². The first-order valence-corrected chi connectivity index (χ1v) is 12.6. The van der Waals surface area contributed by atoms with Gasteiger partial charge in [0.25, 0.3) is 0 Å². The van der Waals surface area contributed by atoms with Crippen molar-refractivity contribution in [1.29, 1.82) is 0 Å². The molecule has 178 valence electrons. The molecule has 6 nitrogen and oxygen atoms in total. The lowest BCUT2D eigenvalue weighted by Gasteiger charge is -2.31. The second-order valence-corrected chi connectivity index (χ2v) is 9.66. The van der Waals surface area contributed by atoms with Gasteiger partial charge < -0.3 is 19.5 Å². The number of thiocarbonyl (C=S) groups is 1. The molecule has 2 aromatic heterocycles. The monoisotopic (exact) mass is 495 g/mol. The third kappa shape index (κ3) is 4.84. The van der Waals surface area contributed by atoms with Gasteiger partial charge in [0.05, 0.1) is 31.0 Å². The Balaban J connectivity index is 1.45. The van der Waals surface area contributed by atoms with Gasteiger partial charge in [0.1, 0.15) is 0 Å². The number of hydrogen-bond donors (Lipinski definition) is 1. The Labute approximate surface area is 211 Å². The molecule has 3 aromatic rings. The van der Waals surface area contributed by atoms with E-state index < -0.39 is 0 Å². The van der Waals surface area contributed by atoms with Gasteiger partial charge in [-0.25, -0.2) is 0 Å². The number of aromatic nitrogens is 2. The molecule has 0 spiro atoms. The molecule has 2 fully saturated rings. The number of nitrogens with one attached hydrogen (secondary N) is 1. The minimum Gasteiger partial charge on any atom is -0.379 e. The first kappa shape index (κ1) is 23.3. The fourth-order valence-corrected chi connectivity index (χ4v) is 5.36. The third-order valence-electron chi connectivity index (χ3n) is 6.68. The average molecular weight is 496 g/mol. The maximum atomic E-state index is 6.31. The molecule has 0 amide bonds. The number of morpholine rings is 1. The number of nitrogens with zero attached hydrogens (tertiary/aromatic N) is 4. The van der Waals surface area contributed by atoms with E-state index in [1.807, 2.05) is 31.3 Å². The highest BCUT2D eigenvalue weighted by Crippen LogP contribution is 2.39. The quantitative estimate of drug-likeness (QED) is 0.486. The molecule has 2 saturated heterocycles. The van der Waals surface area contributed by atoms with Gasteiger partial charge in [-0.05, 0) is 73.6 Å². The van der Waals surface area contributed by atoms with Crippen molar-refractivity contribution in [3.8, 4) is 5.69 Å². The fraction of sp³-hybridized carbons (Fsp3) is 0.385. The van der Waals surface area contributed by atoms with E-state index >= 15 is 0 Å². The predicted octanol–water partition coefficient (Wildman–Crippen LogP) is 4.53. The first-order valence-electron chi connectivity index (χ1n) is 11.8. The first-order chi connectivity index (χ1) is 16.6. The van der Waals surface area contributed by atoms with Gasteiger partial charge in [-0.1, -0.05) is 17.7 Å². The van der Waals surface area contributed by atoms with E-state index in [0.29, 0.717) is 0 Å². The van der Waals surface area contributed by atoms with E-state index in [4.69, 9.17) is 28.6 Å². The van der Waals surface area contributed by atoms with Crippen molar-refractivity contribution in [3.63, 3.8) is 0 Å². The van der Waals surface area contributed by atoms with Crippen LogP contribution in [0.3, 0.4) is 0 Å². The SMILES string of the molecule is Cc1cc(-n2cccc2[C@H]2[C@@H](c3ccccn3)NC(=S)N2CCCN2CCOCC2)ccc1Cl. The molecule has 2 aliphatic rings. The van der Waals surface area contributed by atoms with Crippen LogP contribution in [0, 0.1) is 6.92 Å². The number of rotatable bonds is 7. The van der Waals surface area contributed by atoms with Crippen molar-refractivity contribution in [2.75, 3.05) is 39.4 Å².